The summed E-state index contributed by atoms with van der Waals surface area (Å²) in [5, 5.41) is 22.9. The van der Waals surface area contributed by atoms with Gasteiger partial charge in [-0.1, -0.05) is 6.07 Å². The number of phenolic OH excluding ortho intramolecular Hbond substituents is 1. The minimum atomic E-state index is -0.909. The molecule has 3 aliphatic carbocycles. The smallest absolute Gasteiger partial charge is 0.207 e. The van der Waals surface area contributed by atoms with E-state index in [4.69, 9.17) is 14.2 Å². The summed E-state index contributed by atoms with van der Waals surface area (Å²) in [4.78, 5) is 0. The molecule has 4 fully saturated rings. The Bertz CT molecular complexity index is 918. The molecule has 6 nitrogen and oxygen atoms in total. The van der Waals surface area contributed by atoms with Gasteiger partial charge in [0.05, 0.1) is 18.6 Å². The molecular formula is C22H26NO5+. The first-order valence-electron chi connectivity index (χ1n) is 10.7. The Morgan fingerprint density at radius 2 is 1.93 bits per heavy atom. The first kappa shape index (κ1) is 16.2. The molecule has 0 unspecified atom stereocenters. The van der Waals surface area contributed by atoms with Crippen molar-refractivity contribution in [3.05, 3.63) is 23.3 Å². The van der Waals surface area contributed by atoms with Gasteiger partial charge in [-0.3, -0.25) is 0 Å². The highest BCUT2D eigenvalue weighted by molar-refractivity contribution is 5.63. The molecule has 1 aromatic carbocycles. The maximum atomic E-state index is 12.3. The topological polar surface area (TPSA) is 71.2 Å². The largest absolute Gasteiger partial charge is 0.504 e. The number of aromatic hydroxyl groups is 1. The van der Waals surface area contributed by atoms with E-state index in [1.165, 1.54) is 18.4 Å². The van der Waals surface area contributed by atoms with Crippen LogP contribution in [-0.4, -0.2) is 64.3 Å². The van der Waals surface area contributed by atoms with Crippen LogP contribution in [0, 0.1) is 5.92 Å². The maximum Gasteiger partial charge on any atom is 0.207 e. The normalized spacial score (nSPS) is 43.2. The van der Waals surface area contributed by atoms with Crippen LogP contribution in [0.15, 0.2) is 12.1 Å². The van der Waals surface area contributed by atoms with Crippen molar-refractivity contribution in [2.24, 2.45) is 5.92 Å². The fourth-order valence-corrected chi connectivity index (χ4v) is 7.00. The predicted molar refractivity (Wildman–Crippen MR) is 99.0 cm³/mol. The summed E-state index contributed by atoms with van der Waals surface area (Å²) >= 11 is 0. The van der Waals surface area contributed by atoms with E-state index < -0.39 is 22.9 Å². The second-order valence-electron chi connectivity index (χ2n) is 9.54. The van der Waals surface area contributed by atoms with Gasteiger partial charge in [-0.05, 0) is 30.9 Å². The van der Waals surface area contributed by atoms with Crippen LogP contribution in [0.3, 0.4) is 0 Å². The molecule has 2 bridgehead atoms. The molecule has 2 spiro atoms. The molecule has 0 amide bonds. The van der Waals surface area contributed by atoms with Gasteiger partial charge in [0.2, 0.25) is 5.79 Å². The van der Waals surface area contributed by atoms with Gasteiger partial charge in [-0.25, -0.2) is 4.58 Å². The van der Waals surface area contributed by atoms with E-state index in [0.29, 0.717) is 37.7 Å². The van der Waals surface area contributed by atoms with Crippen LogP contribution in [0.4, 0.5) is 0 Å². The van der Waals surface area contributed by atoms with Gasteiger partial charge >= 0.3 is 0 Å². The van der Waals surface area contributed by atoms with Crippen molar-refractivity contribution < 1.29 is 29.0 Å². The Balaban J connectivity index is 1.49. The fourth-order valence-electron chi connectivity index (χ4n) is 7.00. The zero-order valence-electron chi connectivity index (χ0n) is 15.9. The third kappa shape index (κ3) is 1.67. The maximum absolute atomic E-state index is 12.3. The van der Waals surface area contributed by atoms with Crippen LogP contribution in [-0.2, 0) is 21.3 Å². The van der Waals surface area contributed by atoms with E-state index in [1.807, 2.05) is 6.07 Å². The standard InChI is InChI=1S/C22H25NO5/c24-15-4-3-14-11-16-21(25)5-6-22(26-9-10-27-22)19-20(21,17(14)18(15)28-19)7-8-23(16)12-13-1-2-13/h3-4,12-13,16,19,25H,1-2,5-11H2/p+1/b23-12+/t16-,19-,20+,21-/m1/s1. The lowest BCUT2D eigenvalue weighted by Crippen LogP contribution is -2.78. The fraction of sp³-hybridized carbons (Fsp3) is 0.682. The van der Waals surface area contributed by atoms with E-state index >= 15 is 0 Å². The lowest BCUT2D eigenvalue weighted by atomic mass is 9.48. The third-order valence-corrected chi connectivity index (χ3v) is 8.31. The van der Waals surface area contributed by atoms with Crippen LogP contribution in [0.2, 0.25) is 0 Å². The average Bonchev–Trinajstić information content (AvgIpc) is 3.23. The second kappa shape index (κ2) is 4.91. The highest BCUT2D eigenvalue weighted by Crippen LogP contribution is 2.67. The van der Waals surface area contributed by atoms with Crippen molar-refractivity contribution in [1.29, 1.82) is 0 Å². The molecule has 2 saturated heterocycles. The summed E-state index contributed by atoms with van der Waals surface area (Å²) in [6.45, 7) is 2.00. The molecule has 3 aliphatic heterocycles. The summed E-state index contributed by atoms with van der Waals surface area (Å²) in [5.74, 6) is 0.545. The van der Waals surface area contributed by atoms with E-state index in [-0.39, 0.29) is 11.8 Å². The van der Waals surface area contributed by atoms with Gasteiger partial charge < -0.3 is 24.4 Å². The second-order valence-corrected chi connectivity index (χ2v) is 9.54. The highest BCUT2D eigenvalue weighted by Gasteiger charge is 2.79. The van der Waals surface area contributed by atoms with E-state index in [1.54, 1.807) is 6.07 Å². The van der Waals surface area contributed by atoms with Crippen molar-refractivity contribution in [2.45, 2.75) is 67.5 Å². The predicted octanol–water partition coefficient (Wildman–Crippen LogP) is 1.48. The number of ether oxygens (including phenoxy) is 3. The lowest BCUT2D eigenvalue weighted by Gasteiger charge is -2.60. The molecule has 1 aromatic rings. The minimum absolute atomic E-state index is 0.0368. The number of fused-ring (bicyclic) bond motifs is 1. The Morgan fingerprint density at radius 1 is 1.11 bits per heavy atom. The lowest BCUT2D eigenvalue weighted by molar-refractivity contribution is -0.610. The number of hydrogen-bond donors (Lipinski definition) is 2. The summed E-state index contributed by atoms with van der Waals surface area (Å²) in [6, 6.07) is 3.79. The van der Waals surface area contributed by atoms with Crippen LogP contribution in [0.5, 0.6) is 11.5 Å². The Hall–Kier alpha value is -1.63. The number of nitrogens with zero attached hydrogens (tertiary/aromatic N) is 1. The molecular weight excluding hydrogens is 358 g/mol. The van der Waals surface area contributed by atoms with Crippen LogP contribution in [0.25, 0.3) is 0 Å². The van der Waals surface area contributed by atoms with Crippen molar-refractivity contribution in [3.63, 3.8) is 0 Å². The molecule has 7 rings (SSSR count). The molecule has 0 radical (unpaired) electrons. The number of benzene rings is 1. The van der Waals surface area contributed by atoms with Crippen molar-refractivity contribution in [3.8, 4) is 11.5 Å². The van der Waals surface area contributed by atoms with Crippen LogP contribution in [0.1, 0.15) is 43.2 Å². The number of rotatable bonds is 1. The Labute approximate surface area is 163 Å². The molecule has 0 aromatic heterocycles. The highest BCUT2D eigenvalue weighted by atomic mass is 16.8. The van der Waals surface area contributed by atoms with E-state index in [0.717, 1.165) is 24.9 Å². The molecule has 2 N–H and O–H groups in total. The van der Waals surface area contributed by atoms with Crippen molar-refractivity contribution in [1.82, 2.24) is 0 Å². The third-order valence-electron chi connectivity index (χ3n) is 8.31. The first-order valence-corrected chi connectivity index (χ1v) is 10.7. The van der Waals surface area contributed by atoms with Gasteiger partial charge in [-0.2, -0.15) is 0 Å². The molecule has 148 valence electrons. The zero-order chi connectivity index (χ0) is 18.7. The SMILES string of the molecule is Oc1ccc2c3c1O[C@H]1C4(CC[C@@]5(O)[C@@H](C2)/[N+](=C/C2CC2)CC[C@]315)OCCO4. The summed E-state index contributed by atoms with van der Waals surface area (Å²) in [6.07, 6.45) is 7.29. The first-order chi connectivity index (χ1) is 13.6. The Morgan fingerprint density at radius 3 is 2.71 bits per heavy atom. The molecule has 3 heterocycles. The average molecular weight is 384 g/mol. The van der Waals surface area contributed by atoms with Gasteiger partial charge in [0.1, 0.15) is 18.4 Å². The van der Waals surface area contributed by atoms with Crippen molar-refractivity contribution >= 4 is 6.21 Å². The van der Waals surface area contributed by atoms with Gasteiger partial charge in [0.25, 0.3) is 0 Å². The van der Waals surface area contributed by atoms with E-state index in [2.05, 4.69) is 10.8 Å². The number of hydrogen-bond acceptors (Lipinski definition) is 5. The van der Waals surface area contributed by atoms with Gasteiger partial charge in [0.15, 0.2) is 23.6 Å². The Kier molecular flexibility index (Phi) is 2.84. The minimum Gasteiger partial charge on any atom is -0.504 e. The van der Waals surface area contributed by atoms with Crippen LogP contribution >= 0.6 is 0 Å². The molecule has 2 saturated carbocycles. The molecule has 6 heteroatoms. The number of piperidine rings is 1. The molecule has 28 heavy (non-hydrogen) atoms. The van der Waals surface area contributed by atoms with Gasteiger partial charge in [0, 0.05) is 30.7 Å². The summed E-state index contributed by atoms with van der Waals surface area (Å²) < 4.78 is 21.2. The van der Waals surface area contributed by atoms with Gasteiger partial charge in [-0.15, -0.1) is 0 Å². The molecule has 6 aliphatic rings. The number of phenols is 1. The monoisotopic (exact) mass is 384 g/mol. The van der Waals surface area contributed by atoms with Crippen molar-refractivity contribution in [2.75, 3.05) is 19.8 Å². The molecule has 4 atom stereocenters. The zero-order valence-corrected chi connectivity index (χ0v) is 15.9. The summed E-state index contributed by atoms with van der Waals surface area (Å²) in [5.41, 5.74) is 0.707. The van der Waals surface area contributed by atoms with E-state index in [9.17, 15) is 10.2 Å². The number of aliphatic hydroxyl groups is 1. The summed E-state index contributed by atoms with van der Waals surface area (Å²) in [7, 11) is 0. The quantitative estimate of drug-likeness (QED) is 0.718. The van der Waals surface area contributed by atoms with Crippen LogP contribution < -0.4 is 4.74 Å².